The van der Waals surface area contributed by atoms with Crippen molar-refractivity contribution in [3.63, 3.8) is 0 Å². The molecule has 24 heavy (non-hydrogen) atoms. The van der Waals surface area contributed by atoms with Crippen LogP contribution >= 0.6 is 0 Å². The number of carbonyl (C=O) groups is 1. The van der Waals surface area contributed by atoms with E-state index in [0.29, 0.717) is 11.3 Å². The van der Waals surface area contributed by atoms with E-state index in [2.05, 4.69) is 20.4 Å². The highest BCUT2D eigenvalue weighted by Gasteiger charge is 2.20. The van der Waals surface area contributed by atoms with Gasteiger partial charge in [-0.2, -0.15) is 9.50 Å². The Morgan fingerprint density at radius 2 is 1.96 bits per heavy atom. The summed E-state index contributed by atoms with van der Waals surface area (Å²) < 4.78 is 40.2. The first kappa shape index (κ1) is 15.9. The highest BCUT2D eigenvalue weighted by Crippen LogP contribution is 2.20. The maximum atomic E-state index is 13.3. The number of nitrogens with zero attached hydrogens (tertiary/aromatic N) is 4. The van der Waals surface area contributed by atoms with Crippen molar-refractivity contribution < 1.29 is 18.0 Å². The van der Waals surface area contributed by atoms with Crippen molar-refractivity contribution in [2.75, 3.05) is 5.32 Å². The minimum absolute atomic E-state index is 0.105. The number of halogens is 3. The molecule has 0 aliphatic heterocycles. The zero-order chi connectivity index (χ0) is 17.4. The smallest absolute Gasteiger partial charge is 0.295 e. The Hall–Kier alpha value is -2.97. The van der Waals surface area contributed by atoms with Gasteiger partial charge in [0.15, 0.2) is 0 Å². The molecule has 2 heterocycles. The molecule has 3 aromatic rings. The number of rotatable bonds is 3. The van der Waals surface area contributed by atoms with Gasteiger partial charge in [-0.15, -0.1) is 5.10 Å². The van der Waals surface area contributed by atoms with Crippen LogP contribution in [0.1, 0.15) is 34.0 Å². The molecule has 6 nitrogen and oxygen atoms in total. The molecule has 0 fully saturated rings. The van der Waals surface area contributed by atoms with Gasteiger partial charge in [0.2, 0.25) is 5.82 Å². The summed E-state index contributed by atoms with van der Waals surface area (Å²) in [6.07, 6.45) is -2.79. The third-order valence-corrected chi connectivity index (χ3v) is 3.34. The van der Waals surface area contributed by atoms with E-state index < -0.39 is 23.8 Å². The van der Waals surface area contributed by atoms with Crippen molar-refractivity contribution in [1.29, 1.82) is 0 Å². The van der Waals surface area contributed by atoms with Crippen LogP contribution in [-0.4, -0.2) is 25.5 Å². The predicted octanol–water partition coefficient (Wildman–Crippen LogP) is 3.07. The molecule has 0 spiro atoms. The van der Waals surface area contributed by atoms with Crippen LogP contribution in [-0.2, 0) is 0 Å². The van der Waals surface area contributed by atoms with Crippen molar-refractivity contribution in [2.24, 2.45) is 0 Å². The number of alkyl halides is 2. The van der Waals surface area contributed by atoms with Gasteiger partial charge in [-0.25, -0.2) is 18.2 Å². The Morgan fingerprint density at radius 3 is 2.67 bits per heavy atom. The second-order valence-electron chi connectivity index (χ2n) is 5.18. The molecule has 0 radical (unpaired) electrons. The molecular weight excluding hydrogens is 323 g/mol. The normalized spacial score (nSPS) is 11.2. The van der Waals surface area contributed by atoms with Crippen LogP contribution in [0.25, 0.3) is 5.78 Å². The minimum Gasteiger partial charge on any atom is -0.319 e. The Morgan fingerprint density at radius 1 is 1.21 bits per heavy atom. The molecule has 9 heteroatoms. The van der Waals surface area contributed by atoms with Gasteiger partial charge in [-0.3, -0.25) is 4.79 Å². The first-order valence-electron chi connectivity index (χ1n) is 6.95. The third kappa shape index (κ3) is 2.92. The molecule has 0 aliphatic carbocycles. The number of hydrogen-bond donors (Lipinski definition) is 1. The average Bonchev–Trinajstić information content (AvgIpc) is 2.93. The van der Waals surface area contributed by atoms with Crippen LogP contribution < -0.4 is 5.32 Å². The summed E-state index contributed by atoms with van der Waals surface area (Å²) >= 11 is 0. The SMILES string of the molecule is Cc1cc(C(F)F)n2nc(C(=O)Nc3cc(F)ccc3C)nc2n1. The Balaban J connectivity index is 1.99. The Labute approximate surface area is 134 Å². The van der Waals surface area contributed by atoms with E-state index in [1.165, 1.54) is 25.1 Å². The molecule has 2 aromatic heterocycles. The molecule has 3 rings (SSSR count). The van der Waals surface area contributed by atoms with Crippen LogP contribution in [0.5, 0.6) is 0 Å². The van der Waals surface area contributed by atoms with E-state index in [1.807, 2.05) is 0 Å². The molecule has 1 amide bonds. The number of anilines is 1. The van der Waals surface area contributed by atoms with Crippen LogP contribution in [0.4, 0.5) is 18.9 Å². The quantitative estimate of drug-likeness (QED) is 0.798. The first-order valence-corrected chi connectivity index (χ1v) is 6.95. The van der Waals surface area contributed by atoms with E-state index >= 15 is 0 Å². The second kappa shape index (κ2) is 5.91. The second-order valence-corrected chi connectivity index (χ2v) is 5.18. The van der Waals surface area contributed by atoms with Crippen molar-refractivity contribution in [3.8, 4) is 0 Å². The van der Waals surface area contributed by atoms with Gasteiger partial charge in [0.25, 0.3) is 18.1 Å². The highest BCUT2D eigenvalue weighted by molar-refractivity contribution is 6.02. The highest BCUT2D eigenvalue weighted by atomic mass is 19.3. The minimum atomic E-state index is -2.79. The first-order chi connectivity index (χ1) is 11.3. The number of carbonyl (C=O) groups excluding carboxylic acids is 1. The number of aromatic nitrogens is 4. The molecule has 1 aromatic carbocycles. The standard InChI is InChI=1S/C15H12F3N5O/c1-7-3-4-9(16)6-10(7)20-14(24)13-21-15-19-8(2)5-11(12(17)18)23(15)22-13/h3-6,12H,1-2H3,(H,20,24). The lowest BCUT2D eigenvalue weighted by Crippen LogP contribution is -2.15. The third-order valence-electron chi connectivity index (χ3n) is 3.34. The number of aryl methyl sites for hydroxylation is 2. The number of benzene rings is 1. The summed E-state index contributed by atoms with van der Waals surface area (Å²) in [7, 11) is 0. The summed E-state index contributed by atoms with van der Waals surface area (Å²) in [4.78, 5) is 20.1. The van der Waals surface area contributed by atoms with Crippen LogP contribution in [0, 0.1) is 19.7 Å². The summed E-state index contributed by atoms with van der Waals surface area (Å²) in [5, 5.41) is 6.24. The number of fused-ring (bicyclic) bond motifs is 1. The van der Waals surface area contributed by atoms with Crippen LogP contribution in [0.15, 0.2) is 24.3 Å². The molecular formula is C15H12F3N5O. The molecule has 1 N–H and O–H groups in total. The lowest BCUT2D eigenvalue weighted by molar-refractivity contribution is 0.101. The summed E-state index contributed by atoms with van der Waals surface area (Å²) in [5.41, 5.74) is 0.803. The van der Waals surface area contributed by atoms with E-state index in [-0.39, 0.29) is 17.3 Å². The Kier molecular flexibility index (Phi) is 3.92. The molecule has 0 unspecified atom stereocenters. The van der Waals surface area contributed by atoms with Gasteiger partial charge < -0.3 is 5.32 Å². The van der Waals surface area contributed by atoms with Crippen molar-refractivity contribution in [3.05, 3.63) is 52.9 Å². The van der Waals surface area contributed by atoms with Crippen LogP contribution in [0.3, 0.4) is 0 Å². The van der Waals surface area contributed by atoms with Gasteiger partial charge in [-0.05, 0) is 37.6 Å². The van der Waals surface area contributed by atoms with Gasteiger partial charge >= 0.3 is 0 Å². The monoisotopic (exact) mass is 335 g/mol. The van der Waals surface area contributed by atoms with Crippen molar-refractivity contribution >= 4 is 17.4 Å². The van der Waals surface area contributed by atoms with Crippen LogP contribution in [0.2, 0.25) is 0 Å². The number of hydrogen-bond acceptors (Lipinski definition) is 4. The predicted molar refractivity (Wildman–Crippen MR) is 79.6 cm³/mol. The van der Waals surface area contributed by atoms with Crippen molar-refractivity contribution in [1.82, 2.24) is 19.6 Å². The van der Waals surface area contributed by atoms with E-state index in [1.54, 1.807) is 6.92 Å². The van der Waals surface area contributed by atoms with Gasteiger partial charge in [0.05, 0.1) is 0 Å². The summed E-state index contributed by atoms with van der Waals surface area (Å²) in [6.45, 7) is 3.22. The lowest BCUT2D eigenvalue weighted by Gasteiger charge is -2.06. The van der Waals surface area contributed by atoms with E-state index in [0.717, 1.165) is 10.6 Å². The lowest BCUT2D eigenvalue weighted by atomic mass is 10.2. The fourth-order valence-electron chi connectivity index (χ4n) is 2.17. The largest absolute Gasteiger partial charge is 0.319 e. The fourth-order valence-corrected chi connectivity index (χ4v) is 2.17. The molecule has 124 valence electrons. The zero-order valence-electron chi connectivity index (χ0n) is 12.7. The Bertz CT molecular complexity index is 938. The maximum Gasteiger partial charge on any atom is 0.295 e. The van der Waals surface area contributed by atoms with Gasteiger partial charge in [0.1, 0.15) is 11.5 Å². The molecule has 0 saturated carbocycles. The summed E-state index contributed by atoms with van der Waals surface area (Å²) in [6, 6.07) is 5.08. The fraction of sp³-hybridized carbons (Fsp3) is 0.200. The summed E-state index contributed by atoms with van der Waals surface area (Å²) in [5.74, 6) is -1.70. The molecule has 0 saturated heterocycles. The van der Waals surface area contributed by atoms with Gasteiger partial charge in [-0.1, -0.05) is 6.07 Å². The maximum absolute atomic E-state index is 13.3. The molecule has 0 bridgehead atoms. The number of nitrogens with one attached hydrogen (secondary N) is 1. The molecule has 0 aliphatic rings. The van der Waals surface area contributed by atoms with E-state index in [9.17, 15) is 18.0 Å². The number of amides is 1. The van der Waals surface area contributed by atoms with E-state index in [4.69, 9.17) is 0 Å². The zero-order valence-corrected chi connectivity index (χ0v) is 12.7. The molecule has 0 atom stereocenters. The van der Waals surface area contributed by atoms with Gasteiger partial charge in [0, 0.05) is 11.4 Å². The van der Waals surface area contributed by atoms with Crippen molar-refractivity contribution in [2.45, 2.75) is 20.3 Å². The topological polar surface area (TPSA) is 72.2 Å². The average molecular weight is 335 g/mol.